The molecule has 1 amide bonds. The molecule has 3 aromatic heterocycles. The van der Waals surface area contributed by atoms with Gasteiger partial charge in [-0.3, -0.25) is 9.78 Å². The molecule has 4 aromatic rings. The summed E-state index contributed by atoms with van der Waals surface area (Å²) in [5, 5.41) is 3.28. The number of carbonyl (C=O) groups is 1. The lowest BCUT2D eigenvalue weighted by Gasteiger charge is -2.24. The van der Waals surface area contributed by atoms with Gasteiger partial charge in [0.15, 0.2) is 0 Å². The van der Waals surface area contributed by atoms with Crippen LogP contribution in [0.15, 0.2) is 48.8 Å². The van der Waals surface area contributed by atoms with Crippen molar-refractivity contribution in [2.75, 3.05) is 7.05 Å². The number of amides is 1. The highest BCUT2D eigenvalue weighted by Gasteiger charge is 2.46. The second-order valence-corrected chi connectivity index (χ2v) is 10.2. The molecule has 0 spiro atoms. The van der Waals surface area contributed by atoms with Crippen molar-refractivity contribution in [1.82, 2.24) is 24.6 Å². The molecule has 2 bridgehead atoms. The maximum atomic E-state index is 14.9. The van der Waals surface area contributed by atoms with Gasteiger partial charge in [0.25, 0.3) is 5.91 Å². The molecule has 3 aliphatic rings. The van der Waals surface area contributed by atoms with Crippen LogP contribution in [0.2, 0.25) is 0 Å². The van der Waals surface area contributed by atoms with Crippen LogP contribution in [0.1, 0.15) is 64.2 Å². The summed E-state index contributed by atoms with van der Waals surface area (Å²) in [7, 11) is 1.71. The van der Waals surface area contributed by atoms with Crippen molar-refractivity contribution in [1.29, 1.82) is 0 Å². The largest absolute Gasteiger partial charge is 0.434 e. The van der Waals surface area contributed by atoms with E-state index in [-0.39, 0.29) is 29.4 Å². The molecular formula is C28H24F3N5O2. The lowest BCUT2D eigenvalue weighted by atomic mass is 9.91. The highest BCUT2D eigenvalue weighted by molar-refractivity contribution is 5.98. The number of nitrogens with zero attached hydrogens (tertiary/aromatic N) is 4. The monoisotopic (exact) mass is 519 g/mol. The molecule has 194 valence electrons. The van der Waals surface area contributed by atoms with Gasteiger partial charge in [-0.05, 0) is 49.6 Å². The molecule has 1 saturated carbocycles. The Morgan fingerprint density at radius 2 is 2.03 bits per heavy atom. The van der Waals surface area contributed by atoms with Crippen LogP contribution in [0.5, 0.6) is 5.75 Å². The zero-order valence-corrected chi connectivity index (χ0v) is 20.5. The summed E-state index contributed by atoms with van der Waals surface area (Å²) >= 11 is 0. The molecule has 7 rings (SSSR count). The summed E-state index contributed by atoms with van der Waals surface area (Å²) in [6.45, 7) is -2.63. The normalized spacial score (nSPS) is 20.1. The van der Waals surface area contributed by atoms with E-state index in [0.29, 0.717) is 47.0 Å². The van der Waals surface area contributed by atoms with Gasteiger partial charge >= 0.3 is 6.61 Å². The predicted octanol–water partition coefficient (Wildman–Crippen LogP) is 5.05. The third-order valence-corrected chi connectivity index (χ3v) is 7.82. The van der Waals surface area contributed by atoms with Crippen LogP contribution in [0.3, 0.4) is 0 Å². The first-order chi connectivity index (χ1) is 18.4. The summed E-state index contributed by atoms with van der Waals surface area (Å²) in [5.74, 6) is -1.02. The molecule has 10 heteroatoms. The number of imidazole rings is 1. The molecule has 2 atom stereocenters. The van der Waals surface area contributed by atoms with E-state index in [1.165, 1.54) is 12.1 Å². The Hall–Kier alpha value is -3.92. The Kier molecular flexibility index (Phi) is 5.23. The van der Waals surface area contributed by atoms with Gasteiger partial charge in [0.2, 0.25) is 0 Å². The Balaban J connectivity index is 1.34. The highest BCUT2D eigenvalue weighted by atomic mass is 19.3. The minimum Gasteiger partial charge on any atom is -0.434 e. The number of rotatable bonds is 6. The summed E-state index contributed by atoms with van der Waals surface area (Å²) in [6, 6.07) is 9.99. The fraction of sp³-hybridized carbons (Fsp3) is 0.321. The molecular weight excluding hydrogens is 495 g/mol. The van der Waals surface area contributed by atoms with Gasteiger partial charge in [0, 0.05) is 60.2 Å². The standard InChI is InChI=1S/C28H24F3N5O2/c1-35-21-10-18(24-17(27(35)37)3-2-4-22(24)38-28(30)31)26-25(21)34-23-8-5-14(13-36(23)26)15-9-19(29)20(33-11-15)12-32-16-6-7-16/h2-5,8-9,11,13,16,18,21,28,32H,6-7,10,12H2,1H3. The second kappa shape index (κ2) is 8.56. The average Bonchev–Trinajstić information content (AvgIpc) is 3.57. The van der Waals surface area contributed by atoms with Gasteiger partial charge < -0.3 is 19.4 Å². The quantitative estimate of drug-likeness (QED) is 0.386. The molecule has 1 aliphatic heterocycles. The third kappa shape index (κ3) is 3.65. The highest BCUT2D eigenvalue weighted by Crippen LogP contribution is 2.52. The predicted molar refractivity (Wildman–Crippen MR) is 133 cm³/mol. The molecule has 2 unspecified atom stereocenters. The van der Waals surface area contributed by atoms with Crippen molar-refractivity contribution in [3.8, 4) is 16.9 Å². The van der Waals surface area contributed by atoms with Crippen LogP contribution >= 0.6 is 0 Å². The van der Waals surface area contributed by atoms with Gasteiger partial charge in [-0.2, -0.15) is 8.78 Å². The summed E-state index contributed by atoms with van der Waals surface area (Å²) in [4.78, 5) is 24.1. The Labute approximate surface area is 216 Å². The first-order valence-corrected chi connectivity index (χ1v) is 12.6. The first kappa shape index (κ1) is 23.2. The van der Waals surface area contributed by atoms with Crippen LogP contribution in [-0.4, -0.2) is 44.9 Å². The zero-order chi connectivity index (χ0) is 26.1. The van der Waals surface area contributed by atoms with Crippen molar-refractivity contribution in [3.05, 3.63) is 82.8 Å². The fourth-order valence-electron chi connectivity index (χ4n) is 5.79. The molecule has 1 fully saturated rings. The van der Waals surface area contributed by atoms with E-state index in [0.717, 1.165) is 29.8 Å². The van der Waals surface area contributed by atoms with E-state index in [1.54, 1.807) is 30.3 Å². The number of nitrogens with one attached hydrogen (secondary N) is 1. The minimum absolute atomic E-state index is 0.00878. The van der Waals surface area contributed by atoms with E-state index in [4.69, 9.17) is 9.72 Å². The van der Waals surface area contributed by atoms with Crippen molar-refractivity contribution < 1.29 is 22.7 Å². The van der Waals surface area contributed by atoms with Crippen molar-refractivity contribution >= 4 is 11.6 Å². The topological polar surface area (TPSA) is 71.8 Å². The molecule has 1 aromatic carbocycles. The van der Waals surface area contributed by atoms with Gasteiger partial charge in [0.05, 0.1) is 23.1 Å². The molecule has 1 N–H and O–H groups in total. The minimum atomic E-state index is -3.02. The summed E-state index contributed by atoms with van der Waals surface area (Å²) in [6.07, 6.45) is 6.25. The number of aromatic nitrogens is 3. The lowest BCUT2D eigenvalue weighted by Crippen LogP contribution is -2.30. The summed E-state index contributed by atoms with van der Waals surface area (Å²) in [5.41, 5.74) is 4.73. The molecule has 0 saturated heterocycles. The van der Waals surface area contributed by atoms with E-state index in [9.17, 15) is 18.0 Å². The van der Waals surface area contributed by atoms with E-state index < -0.39 is 6.61 Å². The Bertz CT molecular complexity index is 1600. The number of pyridine rings is 2. The van der Waals surface area contributed by atoms with Crippen LogP contribution in [0, 0.1) is 5.82 Å². The molecule has 38 heavy (non-hydrogen) atoms. The molecule has 2 aliphatic carbocycles. The maximum Gasteiger partial charge on any atom is 0.387 e. The number of hydrogen-bond donors (Lipinski definition) is 1. The Morgan fingerprint density at radius 3 is 2.79 bits per heavy atom. The second-order valence-electron chi connectivity index (χ2n) is 10.2. The van der Waals surface area contributed by atoms with Crippen LogP contribution in [0.25, 0.3) is 16.8 Å². The molecule has 7 nitrogen and oxygen atoms in total. The molecule has 0 radical (unpaired) electrons. The number of fused-ring (bicyclic) bond motifs is 9. The maximum absolute atomic E-state index is 14.9. The van der Waals surface area contributed by atoms with Gasteiger partial charge in [-0.15, -0.1) is 0 Å². The van der Waals surface area contributed by atoms with Gasteiger partial charge in [0.1, 0.15) is 17.2 Å². The smallest absolute Gasteiger partial charge is 0.387 e. The van der Waals surface area contributed by atoms with Crippen LogP contribution in [-0.2, 0) is 6.54 Å². The van der Waals surface area contributed by atoms with Gasteiger partial charge in [-0.1, -0.05) is 6.07 Å². The number of ether oxygens (including phenoxy) is 1. The summed E-state index contributed by atoms with van der Waals surface area (Å²) < 4.78 is 48.3. The van der Waals surface area contributed by atoms with Gasteiger partial charge in [-0.25, -0.2) is 9.37 Å². The third-order valence-electron chi connectivity index (χ3n) is 7.82. The average molecular weight is 520 g/mol. The van der Waals surface area contributed by atoms with E-state index in [1.807, 2.05) is 22.7 Å². The number of hydrogen-bond acceptors (Lipinski definition) is 5. The van der Waals surface area contributed by atoms with E-state index in [2.05, 4.69) is 10.3 Å². The fourth-order valence-corrected chi connectivity index (χ4v) is 5.79. The van der Waals surface area contributed by atoms with Crippen molar-refractivity contribution in [3.63, 3.8) is 0 Å². The number of benzene rings is 1. The molecule has 4 heterocycles. The van der Waals surface area contributed by atoms with E-state index >= 15 is 0 Å². The number of alkyl halides is 2. The number of halogens is 3. The lowest BCUT2D eigenvalue weighted by molar-refractivity contribution is -0.0506. The van der Waals surface area contributed by atoms with Crippen molar-refractivity contribution in [2.45, 2.75) is 50.4 Å². The zero-order valence-electron chi connectivity index (χ0n) is 20.5. The number of carbonyl (C=O) groups excluding carboxylic acids is 1. The SMILES string of the molecule is CN1C(=O)c2cccc(OC(F)F)c2C2CC1c1nc3ccc(-c4cnc(CNC5CC5)c(F)c4)cn3c12. The van der Waals surface area contributed by atoms with Crippen molar-refractivity contribution in [2.24, 2.45) is 0 Å². The van der Waals surface area contributed by atoms with Crippen LogP contribution in [0.4, 0.5) is 13.2 Å². The first-order valence-electron chi connectivity index (χ1n) is 12.6. The van der Waals surface area contributed by atoms with Crippen LogP contribution < -0.4 is 10.1 Å². The Morgan fingerprint density at radius 1 is 1.18 bits per heavy atom.